The van der Waals surface area contributed by atoms with Gasteiger partial charge in [-0.2, -0.15) is 13.2 Å². The Bertz CT molecular complexity index is 650. The lowest BCUT2D eigenvalue weighted by atomic mass is 10.1. The van der Waals surface area contributed by atoms with Crippen LogP contribution in [0.1, 0.15) is 21.5 Å². The molecule has 0 fully saturated rings. The van der Waals surface area contributed by atoms with E-state index in [9.17, 15) is 22.4 Å². The van der Waals surface area contributed by atoms with Gasteiger partial charge in [0.1, 0.15) is 24.5 Å². The molecule has 0 spiro atoms. The van der Waals surface area contributed by atoms with Crippen molar-refractivity contribution in [3.05, 3.63) is 65.0 Å². The van der Waals surface area contributed by atoms with Crippen molar-refractivity contribution in [3.8, 4) is 5.75 Å². The summed E-state index contributed by atoms with van der Waals surface area (Å²) in [5.74, 6) is -1.25. The predicted molar refractivity (Wildman–Crippen MR) is 67.6 cm³/mol. The fraction of sp³-hybridized carbons (Fsp3) is 0.133. The fourth-order valence-electron chi connectivity index (χ4n) is 1.73. The van der Waals surface area contributed by atoms with Gasteiger partial charge in [-0.25, -0.2) is 4.39 Å². The molecule has 0 radical (unpaired) electrons. The smallest absolute Gasteiger partial charge is 0.416 e. The number of hydrogen-bond donors (Lipinski definition) is 0. The first-order chi connectivity index (χ1) is 9.88. The summed E-state index contributed by atoms with van der Waals surface area (Å²) < 4.78 is 56.0. The Hall–Kier alpha value is -2.37. The van der Waals surface area contributed by atoms with E-state index in [4.69, 9.17) is 4.74 Å². The van der Waals surface area contributed by atoms with Crippen LogP contribution in [0.4, 0.5) is 17.6 Å². The second-order valence-electron chi connectivity index (χ2n) is 4.32. The largest absolute Gasteiger partial charge is 0.489 e. The quantitative estimate of drug-likeness (QED) is 0.623. The monoisotopic (exact) mass is 298 g/mol. The molecular weight excluding hydrogens is 288 g/mol. The number of hydrogen-bond acceptors (Lipinski definition) is 2. The Morgan fingerprint density at radius 1 is 1.10 bits per heavy atom. The molecule has 0 bridgehead atoms. The van der Waals surface area contributed by atoms with Gasteiger partial charge in [0.05, 0.1) is 5.56 Å². The maximum Gasteiger partial charge on any atom is 0.416 e. The molecule has 0 unspecified atom stereocenters. The number of aldehydes is 1. The summed E-state index contributed by atoms with van der Waals surface area (Å²) in [6.07, 6.45) is -3.99. The molecule has 110 valence electrons. The summed E-state index contributed by atoms with van der Waals surface area (Å²) in [4.78, 5) is 10.6. The van der Waals surface area contributed by atoms with Crippen LogP contribution in [0.15, 0.2) is 42.5 Å². The van der Waals surface area contributed by atoms with Crippen LogP contribution < -0.4 is 4.74 Å². The zero-order valence-corrected chi connectivity index (χ0v) is 10.7. The molecule has 21 heavy (non-hydrogen) atoms. The van der Waals surface area contributed by atoms with E-state index in [2.05, 4.69) is 0 Å². The molecule has 2 rings (SSSR count). The lowest BCUT2D eigenvalue weighted by Gasteiger charge is -2.11. The summed E-state index contributed by atoms with van der Waals surface area (Å²) in [7, 11) is 0. The van der Waals surface area contributed by atoms with Gasteiger partial charge in [-0.3, -0.25) is 4.79 Å². The highest BCUT2D eigenvalue weighted by atomic mass is 19.4. The number of alkyl halides is 3. The van der Waals surface area contributed by atoms with Crippen molar-refractivity contribution in [1.29, 1.82) is 0 Å². The molecule has 0 aliphatic heterocycles. The number of halogens is 4. The fourth-order valence-corrected chi connectivity index (χ4v) is 1.73. The second-order valence-corrected chi connectivity index (χ2v) is 4.32. The molecule has 0 heterocycles. The first kappa shape index (κ1) is 15.0. The first-order valence-electron chi connectivity index (χ1n) is 5.93. The van der Waals surface area contributed by atoms with Crippen LogP contribution in [-0.4, -0.2) is 6.29 Å². The van der Waals surface area contributed by atoms with Crippen molar-refractivity contribution in [2.75, 3.05) is 0 Å². The molecule has 2 aromatic rings. The highest BCUT2D eigenvalue weighted by Crippen LogP contribution is 2.32. The number of carbonyl (C=O) groups is 1. The molecule has 0 N–H and O–H groups in total. The van der Waals surface area contributed by atoms with E-state index in [-0.39, 0.29) is 12.4 Å². The SMILES string of the molecule is O=Cc1cccc(COc2cc(F)cc(C(F)(F)F)c2)c1. The van der Waals surface area contributed by atoms with Crippen molar-refractivity contribution in [2.24, 2.45) is 0 Å². The van der Waals surface area contributed by atoms with Gasteiger partial charge < -0.3 is 4.74 Å². The summed E-state index contributed by atoms with van der Waals surface area (Å²) in [5, 5.41) is 0. The zero-order valence-electron chi connectivity index (χ0n) is 10.7. The number of rotatable bonds is 4. The Morgan fingerprint density at radius 2 is 1.86 bits per heavy atom. The zero-order chi connectivity index (χ0) is 15.5. The van der Waals surface area contributed by atoms with Gasteiger partial charge in [0, 0.05) is 11.6 Å². The van der Waals surface area contributed by atoms with Crippen molar-refractivity contribution in [3.63, 3.8) is 0 Å². The van der Waals surface area contributed by atoms with E-state index in [1.54, 1.807) is 18.2 Å². The average molecular weight is 298 g/mol. The van der Waals surface area contributed by atoms with Gasteiger partial charge >= 0.3 is 6.18 Å². The van der Waals surface area contributed by atoms with Crippen LogP contribution >= 0.6 is 0 Å². The molecule has 0 amide bonds. The molecule has 6 heteroatoms. The topological polar surface area (TPSA) is 26.3 Å². The molecule has 2 nitrogen and oxygen atoms in total. The first-order valence-corrected chi connectivity index (χ1v) is 5.93. The van der Waals surface area contributed by atoms with Gasteiger partial charge in [0.15, 0.2) is 0 Å². The van der Waals surface area contributed by atoms with Gasteiger partial charge in [0.2, 0.25) is 0 Å². The van der Waals surface area contributed by atoms with E-state index in [1.807, 2.05) is 0 Å². The van der Waals surface area contributed by atoms with Crippen molar-refractivity contribution in [1.82, 2.24) is 0 Å². The molecule has 0 saturated carbocycles. The van der Waals surface area contributed by atoms with Crippen LogP contribution in [0, 0.1) is 5.82 Å². The van der Waals surface area contributed by atoms with E-state index >= 15 is 0 Å². The average Bonchev–Trinajstić information content (AvgIpc) is 2.44. The van der Waals surface area contributed by atoms with Crippen LogP contribution in [0.2, 0.25) is 0 Å². The van der Waals surface area contributed by atoms with Crippen LogP contribution in [-0.2, 0) is 12.8 Å². The van der Waals surface area contributed by atoms with Gasteiger partial charge in [-0.1, -0.05) is 18.2 Å². The molecule has 0 aliphatic carbocycles. The maximum atomic E-state index is 13.2. The number of carbonyl (C=O) groups excluding carboxylic acids is 1. The minimum Gasteiger partial charge on any atom is -0.489 e. The third-order valence-electron chi connectivity index (χ3n) is 2.69. The van der Waals surface area contributed by atoms with Gasteiger partial charge in [-0.15, -0.1) is 0 Å². The Labute approximate surface area is 118 Å². The predicted octanol–water partition coefficient (Wildman–Crippen LogP) is 4.24. The molecular formula is C15H10F4O2. The van der Waals surface area contributed by atoms with Crippen LogP contribution in [0.25, 0.3) is 0 Å². The lowest BCUT2D eigenvalue weighted by Crippen LogP contribution is -2.06. The Morgan fingerprint density at radius 3 is 2.52 bits per heavy atom. The normalized spacial score (nSPS) is 11.2. The third-order valence-corrected chi connectivity index (χ3v) is 2.69. The molecule has 0 aromatic heterocycles. The standard InChI is InChI=1S/C15H10F4O2/c16-13-5-12(15(17,18)19)6-14(7-13)21-9-11-3-1-2-10(4-11)8-20/h1-8H,9H2. The third kappa shape index (κ3) is 4.05. The van der Waals surface area contributed by atoms with E-state index in [0.29, 0.717) is 23.5 Å². The molecule has 2 aromatic carbocycles. The second kappa shape index (κ2) is 5.95. The maximum absolute atomic E-state index is 13.2. The van der Waals surface area contributed by atoms with E-state index < -0.39 is 17.6 Å². The van der Waals surface area contributed by atoms with Crippen LogP contribution in [0.3, 0.4) is 0 Å². The van der Waals surface area contributed by atoms with Gasteiger partial charge in [-0.05, 0) is 23.8 Å². The number of benzene rings is 2. The van der Waals surface area contributed by atoms with Crippen LogP contribution in [0.5, 0.6) is 5.75 Å². The van der Waals surface area contributed by atoms with E-state index in [0.717, 1.165) is 12.1 Å². The minimum atomic E-state index is -4.64. The Balaban J connectivity index is 2.16. The summed E-state index contributed by atoms with van der Waals surface area (Å²) in [5.41, 5.74) is -0.0946. The summed E-state index contributed by atoms with van der Waals surface area (Å²) in [6, 6.07) is 8.40. The lowest BCUT2D eigenvalue weighted by molar-refractivity contribution is -0.137. The molecule has 0 atom stereocenters. The van der Waals surface area contributed by atoms with Gasteiger partial charge in [0.25, 0.3) is 0 Å². The van der Waals surface area contributed by atoms with E-state index in [1.165, 1.54) is 6.07 Å². The minimum absolute atomic E-state index is 0.0670. The van der Waals surface area contributed by atoms with Crippen molar-refractivity contribution >= 4 is 6.29 Å². The summed E-state index contributed by atoms with van der Waals surface area (Å²) in [6.45, 7) is -0.0670. The van der Waals surface area contributed by atoms with Crippen molar-refractivity contribution in [2.45, 2.75) is 12.8 Å². The Kier molecular flexibility index (Phi) is 4.26. The number of ether oxygens (including phenoxy) is 1. The summed E-state index contributed by atoms with van der Waals surface area (Å²) >= 11 is 0. The van der Waals surface area contributed by atoms with Crippen molar-refractivity contribution < 1.29 is 27.1 Å². The highest BCUT2D eigenvalue weighted by Gasteiger charge is 2.31. The molecule has 0 saturated heterocycles. The molecule has 0 aliphatic rings. The highest BCUT2D eigenvalue weighted by molar-refractivity contribution is 5.74.